The number of carbonyl (C=O) groups is 2. The van der Waals surface area contributed by atoms with Crippen molar-refractivity contribution in [1.82, 2.24) is 14.8 Å². The van der Waals surface area contributed by atoms with E-state index in [9.17, 15) is 14.7 Å². The average molecular weight is 383 g/mol. The Morgan fingerprint density at radius 1 is 1.21 bits per heavy atom. The molecule has 2 aliphatic heterocycles. The van der Waals surface area contributed by atoms with Gasteiger partial charge in [-0.05, 0) is 43.7 Å². The number of hydrogen-bond donors (Lipinski definition) is 2. The minimum atomic E-state index is -0.417. The van der Waals surface area contributed by atoms with Crippen molar-refractivity contribution in [2.45, 2.75) is 38.5 Å². The molecule has 2 saturated heterocycles. The number of nitrogens with one attached hydrogen (secondary N) is 1. The summed E-state index contributed by atoms with van der Waals surface area (Å²) in [5, 5.41) is 10.4. The highest BCUT2D eigenvalue weighted by Gasteiger charge is 2.49. The van der Waals surface area contributed by atoms with E-state index in [0.29, 0.717) is 26.1 Å². The second kappa shape index (κ2) is 7.95. The lowest BCUT2D eigenvalue weighted by atomic mass is 9.78. The molecular weight excluding hydrogens is 354 g/mol. The van der Waals surface area contributed by atoms with Gasteiger partial charge in [-0.25, -0.2) is 0 Å². The largest absolute Gasteiger partial charge is 0.395 e. The Balaban J connectivity index is 1.32. The summed E-state index contributed by atoms with van der Waals surface area (Å²) < 4.78 is 0. The first kappa shape index (κ1) is 19.0. The fourth-order valence-corrected chi connectivity index (χ4v) is 4.88. The predicted molar refractivity (Wildman–Crippen MR) is 108 cm³/mol. The fourth-order valence-electron chi connectivity index (χ4n) is 4.88. The monoisotopic (exact) mass is 383 g/mol. The standard InChI is InChI=1S/C22H29N3O3/c26-14-13-24-11-4-9-22(21(24)28)10-12-25(16-22)20(27)8-3-5-17-15-23-19-7-2-1-6-18(17)19/h1-2,6-7,15,23,26H,3-5,8-14,16H2. The van der Waals surface area contributed by atoms with Gasteiger partial charge in [0.1, 0.15) is 0 Å². The smallest absolute Gasteiger partial charge is 0.230 e. The number of para-hydroxylation sites is 1. The van der Waals surface area contributed by atoms with Crippen molar-refractivity contribution in [2.75, 3.05) is 32.8 Å². The highest BCUT2D eigenvalue weighted by atomic mass is 16.3. The van der Waals surface area contributed by atoms with E-state index in [1.807, 2.05) is 23.2 Å². The zero-order chi connectivity index (χ0) is 19.6. The molecule has 0 bridgehead atoms. The summed E-state index contributed by atoms with van der Waals surface area (Å²) >= 11 is 0. The van der Waals surface area contributed by atoms with Crippen LogP contribution >= 0.6 is 0 Å². The second-order valence-corrected chi connectivity index (χ2v) is 8.18. The molecule has 0 radical (unpaired) electrons. The topological polar surface area (TPSA) is 76.6 Å². The predicted octanol–water partition coefficient (Wildman–Crippen LogP) is 2.32. The Kier molecular flexibility index (Phi) is 5.40. The van der Waals surface area contributed by atoms with Crippen LogP contribution in [-0.4, -0.2) is 64.5 Å². The number of piperidine rings is 1. The molecule has 1 unspecified atom stereocenters. The van der Waals surface area contributed by atoms with Crippen molar-refractivity contribution in [2.24, 2.45) is 5.41 Å². The zero-order valence-electron chi connectivity index (χ0n) is 16.3. The molecule has 28 heavy (non-hydrogen) atoms. The van der Waals surface area contributed by atoms with Crippen molar-refractivity contribution in [3.8, 4) is 0 Å². The Bertz CT molecular complexity index is 860. The van der Waals surface area contributed by atoms with Crippen LogP contribution in [0.1, 0.15) is 37.7 Å². The van der Waals surface area contributed by atoms with E-state index in [2.05, 4.69) is 17.1 Å². The minimum Gasteiger partial charge on any atom is -0.395 e. The van der Waals surface area contributed by atoms with Crippen LogP contribution < -0.4 is 0 Å². The lowest BCUT2D eigenvalue weighted by Crippen LogP contribution is -2.51. The number of H-pyrrole nitrogens is 1. The third-order valence-electron chi connectivity index (χ3n) is 6.41. The Morgan fingerprint density at radius 2 is 2.07 bits per heavy atom. The van der Waals surface area contributed by atoms with Crippen molar-refractivity contribution in [3.05, 3.63) is 36.0 Å². The molecule has 1 spiro atoms. The van der Waals surface area contributed by atoms with Gasteiger partial charge in [0.25, 0.3) is 0 Å². The van der Waals surface area contributed by atoms with Crippen molar-refractivity contribution in [3.63, 3.8) is 0 Å². The van der Waals surface area contributed by atoms with E-state index in [0.717, 1.165) is 44.2 Å². The van der Waals surface area contributed by atoms with Gasteiger partial charge in [-0.2, -0.15) is 0 Å². The lowest BCUT2D eigenvalue weighted by Gasteiger charge is -2.39. The number of nitrogens with zero attached hydrogens (tertiary/aromatic N) is 2. The Morgan fingerprint density at radius 3 is 2.93 bits per heavy atom. The molecule has 4 rings (SSSR count). The molecule has 2 fully saturated rings. The van der Waals surface area contributed by atoms with Gasteiger partial charge in [-0.1, -0.05) is 18.2 Å². The SMILES string of the molecule is O=C(CCCc1c[nH]c2ccccc12)N1CCC2(CCCN(CCO)C2=O)C1. The highest BCUT2D eigenvalue weighted by Crippen LogP contribution is 2.40. The second-order valence-electron chi connectivity index (χ2n) is 8.18. The number of β-amino-alcohol motifs (C(OH)–C–C–N with tert-alkyl or cyclic N) is 1. The molecule has 1 atom stereocenters. The maximum Gasteiger partial charge on any atom is 0.230 e. The Hall–Kier alpha value is -2.34. The fraction of sp³-hybridized carbons (Fsp3) is 0.545. The number of aromatic amines is 1. The molecule has 1 aromatic heterocycles. The molecule has 2 amide bonds. The quantitative estimate of drug-likeness (QED) is 0.804. The van der Waals surface area contributed by atoms with Crippen LogP contribution in [0.5, 0.6) is 0 Å². The maximum absolute atomic E-state index is 12.9. The summed E-state index contributed by atoms with van der Waals surface area (Å²) in [5.74, 6) is 0.283. The van der Waals surface area contributed by atoms with Gasteiger partial charge in [0, 0.05) is 49.7 Å². The van der Waals surface area contributed by atoms with E-state index in [-0.39, 0.29) is 18.4 Å². The third-order valence-corrected chi connectivity index (χ3v) is 6.41. The number of aliphatic hydroxyl groups is 1. The molecule has 2 aromatic rings. The van der Waals surface area contributed by atoms with Crippen LogP contribution in [0, 0.1) is 5.41 Å². The number of aryl methyl sites for hydroxylation is 1. The van der Waals surface area contributed by atoms with Gasteiger partial charge in [-0.15, -0.1) is 0 Å². The van der Waals surface area contributed by atoms with Gasteiger partial charge in [0.05, 0.1) is 12.0 Å². The first-order chi connectivity index (χ1) is 13.6. The van der Waals surface area contributed by atoms with Gasteiger partial charge in [0.15, 0.2) is 0 Å². The molecule has 0 saturated carbocycles. The van der Waals surface area contributed by atoms with E-state index < -0.39 is 5.41 Å². The van der Waals surface area contributed by atoms with Crippen molar-refractivity contribution >= 4 is 22.7 Å². The lowest BCUT2D eigenvalue weighted by molar-refractivity contribution is -0.146. The number of aromatic nitrogens is 1. The van der Waals surface area contributed by atoms with Crippen molar-refractivity contribution < 1.29 is 14.7 Å². The van der Waals surface area contributed by atoms with Crippen LogP contribution in [0.4, 0.5) is 0 Å². The summed E-state index contributed by atoms with van der Waals surface area (Å²) in [7, 11) is 0. The molecule has 6 heteroatoms. The van der Waals surface area contributed by atoms with Crippen LogP contribution in [0.15, 0.2) is 30.5 Å². The summed E-state index contributed by atoms with van der Waals surface area (Å²) in [6.07, 6.45) is 6.80. The molecule has 1 aromatic carbocycles. The summed E-state index contributed by atoms with van der Waals surface area (Å²) in [6.45, 7) is 2.33. The number of hydrogen-bond acceptors (Lipinski definition) is 3. The van der Waals surface area contributed by atoms with Gasteiger partial charge < -0.3 is 19.9 Å². The van der Waals surface area contributed by atoms with E-state index in [1.165, 1.54) is 10.9 Å². The first-order valence-corrected chi connectivity index (χ1v) is 10.4. The minimum absolute atomic E-state index is 0.00168. The third kappa shape index (κ3) is 3.53. The number of aliphatic hydroxyl groups excluding tert-OH is 1. The highest BCUT2D eigenvalue weighted by molar-refractivity contribution is 5.86. The maximum atomic E-state index is 12.9. The van der Waals surface area contributed by atoms with Gasteiger partial charge in [0.2, 0.25) is 11.8 Å². The average Bonchev–Trinajstić information content (AvgIpc) is 3.31. The van der Waals surface area contributed by atoms with Crippen LogP contribution in [-0.2, 0) is 16.0 Å². The molecule has 6 nitrogen and oxygen atoms in total. The number of benzene rings is 1. The van der Waals surface area contributed by atoms with Crippen molar-refractivity contribution in [1.29, 1.82) is 0 Å². The van der Waals surface area contributed by atoms with E-state index >= 15 is 0 Å². The molecule has 2 aliphatic rings. The summed E-state index contributed by atoms with van der Waals surface area (Å²) in [6, 6.07) is 8.23. The molecule has 2 N–H and O–H groups in total. The molecule has 0 aliphatic carbocycles. The normalized spacial score (nSPS) is 22.5. The number of rotatable bonds is 6. The molecular formula is C22H29N3O3. The van der Waals surface area contributed by atoms with Gasteiger partial charge in [-0.3, -0.25) is 9.59 Å². The van der Waals surface area contributed by atoms with Crippen LogP contribution in [0.3, 0.4) is 0 Å². The number of fused-ring (bicyclic) bond motifs is 1. The summed E-state index contributed by atoms with van der Waals surface area (Å²) in [5.41, 5.74) is 1.97. The zero-order valence-corrected chi connectivity index (χ0v) is 16.3. The van der Waals surface area contributed by atoms with Gasteiger partial charge >= 0.3 is 0 Å². The first-order valence-electron chi connectivity index (χ1n) is 10.4. The van der Waals surface area contributed by atoms with Crippen LogP contribution in [0.2, 0.25) is 0 Å². The number of amides is 2. The number of likely N-dealkylation sites (tertiary alicyclic amines) is 2. The Labute approximate surface area is 165 Å². The van der Waals surface area contributed by atoms with Crippen LogP contribution in [0.25, 0.3) is 10.9 Å². The number of carbonyl (C=O) groups excluding carboxylic acids is 2. The van der Waals surface area contributed by atoms with E-state index in [1.54, 1.807) is 4.90 Å². The van der Waals surface area contributed by atoms with E-state index in [4.69, 9.17) is 0 Å². The summed E-state index contributed by atoms with van der Waals surface area (Å²) in [4.78, 5) is 32.5. The molecule has 3 heterocycles. The molecule has 150 valence electrons.